The van der Waals surface area contributed by atoms with Gasteiger partial charge in [-0.15, -0.1) is 0 Å². The van der Waals surface area contributed by atoms with Gasteiger partial charge in [-0.2, -0.15) is 18.3 Å². The van der Waals surface area contributed by atoms with Gasteiger partial charge in [0.25, 0.3) is 0 Å². The number of hydrogen-bond donors (Lipinski definition) is 2. The Balaban J connectivity index is 2.00. The van der Waals surface area contributed by atoms with Gasteiger partial charge in [-0.1, -0.05) is 12.1 Å². The molecule has 0 aliphatic carbocycles. The molecule has 6 nitrogen and oxygen atoms in total. The van der Waals surface area contributed by atoms with Crippen LogP contribution in [0.4, 0.5) is 18.9 Å². The summed E-state index contributed by atoms with van der Waals surface area (Å²) in [7, 11) is 0. The number of nitrogens with one attached hydrogen (secondary N) is 2. The number of hydrazone groups is 1. The molecule has 0 aliphatic rings. The quantitative estimate of drug-likeness (QED) is 0.663. The molecule has 9 heteroatoms. The molecule has 0 atom stereocenters. The largest absolute Gasteiger partial charge is 0.471 e. The number of carbonyl (C=O) groups is 2. The number of nitrogens with zero attached hydrogens (tertiary/aromatic N) is 1. The monoisotopic (exact) mass is 339 g/mol. The van der Waals surface area contributed by atoms with Crippen LogP contribution in [0.1, 0.15) is 23.0 Å². The molecule has 0 saturated carbocycles. The zero-order valence-corrected chi connectivity index (χ0v) is 12.3. The van der Waals surface area contributed by atoms with Crippen LogP contribution in [0.15, 0.2) is 52.2 Å². The number of benzene rings is 1. The van der Waals surface area contributed by atoms with Crippen molar-refractivity contribution in [3.05, 3.63) is 54.0 Å². The van der Waals surface area contributed by atoms with Crippen molar-refractivity contribution in [1.82, 2.24) is 5.43 Å². The van der Waals surface area contributed by atoms with Crippen molar-refractivity contribution in [2.75, 3.05) is 5.32 Å². The molecule has 0 radical (unpaired) electrons. The van der Waals surface area contributed by atoms with Crippen molar-refractivity contribution in [1.29, 1.82) is 0 Å². The fourth-order valence-electron chi connectivity index (χ4n) is 1.66. The predicted molar refractivity (Wildman–Crippen MR) is 79.5 cm³/mol. The van der Waals surface area contributed by atoms with Gasteiger partial charge in [0.15, 0.2) is 5.76 Å². The fourth-order valence-corrected chi connectivity index (χ4v) is 1.66. The number of carbonyl (C=O) groups excluding carboxylic acids is 2. The summed E-state index contributed by atoms with van der Waals surface area (Å²) in [4.78, 5) is 22.5. The molecule has 1 heterocycles. The third kappa shape index (κ3) is 4.45. The van der Waals surface area contributed by atoms with Crippen LogP contribution in [-0.2, 0) is 4.79 Å². The Morgan fingerprint density at radius 2 is 1.79 bits per heavy atom. The second kappa shape index (κ2) is 6.99. The maximum absolute atomic E-state index is 12.2. The van der Waals surface area contributed by atoms with Gasteiger partial charge in [0.2, 0.25) is 0 Å². The summed E-state index contributed by atoms with van der Waals surface area (Å²) >= 11 is 0. The Bertz CT molecular complexity index is 751. The van der Waals surface area contributed by atoms with E-state index in [4.69, 9.17) is 4.42 Å². The predicted octanol–water partition coefficient (Wildman–Crippen LogP) is 2.93. The van der Waals surface area contributed by atoms with E-state index in [0.29, 0.717) is 11.3 Å². The van der Waals surface area contributed by atoms with Gasteiger partial charge < -0.3 is 9.73 Å². The third-order valence-corrected chi connectivity index (χ3v) is 2.89. The number of hydrogen-bond acceptors (Lipinski definition) is 4. The van der Waals surface area contributed by atoms with E-state index in [1.807, 2.05) is 0 Å². The van der Waals surface area contributed by atoms with Crippen LogP contribution < -0.4 is 10.7 Å². The molecule has 0 bridgehead atoms. The molecule has 2 amide bonds. The first-order valence-corrected chi connectivity index (χ1v) is 6.64. The second-order valence-corrected chi connectivity index (χ2v) is 4.64. The maximum atomic E-state index is 12.2. The Kier molecular flexibility index (Phi) is 5.02. The second-order valence-electron chi connectivity index (χ2n) is 4.64. The highest BCUT2D eigenvalue weighted by atomic mass is 19.4. The van der Waals surface area contributed by atoms with Crippen molar-refractivity contribution in [3.8, 4) is 0 Å². The van der Waals surface area contributed by atoms with E-state index in [1.165, 1.54) is 36.6 Å². The molecule has 1 aromatic carbocycles. The Labute approximate surface area is 134 Å². The maximum Gasteiger partial charge on any atom is 0.471 e. The van der Waals surface area contributed by atoms with Crippen LogP contribution in [0.25, 0.3) is 0 Å². The highest BCUT2D eigenvalue weighted by Gasteiger charge is 2.38. The van der Waals surface area contributed by atoms with E-state index in [-0.39, 0.29) is 11.4 Å². The topological polar surface area (TPSA) is 83.7 Å². The molecule has 0 unspecified atom stereocenters. The summed E-state index contributed by atoms with van der Waals surface area (Å²) in [5, 5.41) is 5.60. The van der Waals surface area contributed by atoms with Gasteiger partial charge in [0, 0.05) is 5.69 Å². The van der Waals surface area contributed by atoms with Gasteiger partial charge in [0.1, 0.15) is 0 Å². The minimum atomic E-state index is -4.95. The van der Waals surface area contributed by atoms with Gasteiger partial charge in [-0.25, -0.2) is 5.43 Å². The van der Waals surface area contributed by atoms with Gasteiger partial charge in [-0.3, -0.25) is 9.59 Å². The molecule has 1 aromatic heterocycles. The molecule has 0 fully saturated rings. The van der Waals surface area contributed by atoms with Crippen molar-refractivity contribution in [3.63, 3.8) is 0 Å². The number of furan rings is 1. The standard InChI is InChI=1S/C15H12F3N3O3/c1-9(20-21-13(22)12-3-2-8-24-12)10-4-6-11(7-5-10)19-14(23)15(16,17)18/h2-8H,1H3,(H,19,23)(H,21,22)/b20-9+. The zero-order chi connectivity index (χ0) is 17.7. The van der Waals surface area contributed by atoms with E-state index in [1.54, 1.807) is 18.3 Å². The minimum absolute atomic E-state index is 0.00602. The smallest absolute Gasteiger partial charge is 0.459 e. The molecule has 2 rings (SSSR count). The molecular formula is C15H12F3N3O3. The number of rotatable bonds is 4. The first-order valence-electron chi connectivity index (χ1n) is 6.64. The number of halogens is 3. The normalized spacial score (nSPS) is 11.9. The summed E-state index contributed by atoms with van der Waals surface area (Å²) < 4.78 is 41.4. The van der Waals surface area contributed by atoms with Crippen LogP contribution in [0, 0.1) is 0 Å². The number of alkyl halides is 3. The summed E-state index contributed by atoms with van der Waals surface area (Å²) in [6.45, 7) is 1.60. The highest BCUT2D eigenvalue weighted by Crippen LogP contribution is 2.18. The van der Waals surface area contributed by atoms with Crippen LogP contribution in [0.2, 0.25) is 0 Å². The summed E-state index contributed by atoms with van der Waals surface area (Å²) in [6, 6.07) is 8.55. The molecule has 0 aliphatic heterocycles. The summed E-state index contributed by atoms with van der Waals surface area (Å²) in [5.74, 6) is -2.49. The molecule has 24 heavy (non-hydrogen) atoms. The van der Waals surface area contributed by atoms with Crippen molar-refractivity contribution in [2.45, 2.75) is 13.1 Å². The van der Waals surface area contributed by atoms with Crippen LogP contribution in [0.5, 0.6) is 0 Å². The lowest BCUT2D eigenvalue weighted by Gasteiger charge is -2.08. The van der Waals surface area contributed by atoms with Crippen LogP contribution in [0.3, 0.4) is 0 Å². The van der Waals surface area contributed by atoms with Crippen molar-refractivity contribution >= 4 is 23.2 Å². The summed E-state index contributed by atoms with van der Waals surface area (Å²) in [5.41, 5.74) is 3.26. The average Bonchev–Trinajstić information content (AvgIpc) is 3.06. The van der Waals surface area contributed by atoms with E-state index < -0.39 is 18.0 Å². The SMILES string of the molecule is C/C(=N\NC(=O)c1ccco1)c1ccc(NC(=O)C(F)(F)F)cc1. The van der Waals surface area contributed by atoms with E-state index in [0.717, 1.165) is 0 Å². The first kappa shape index (κ1) is 17.3. The Morgan fingerprint density at radius 1 is 1.12 bits per heavy atom. The van der Waals surface area contributed by atoms with Crippen LogP contribution >= 0.6 is 0 Å². The molecule has 0 saturated heterocycles. The lowest BCUT2D eigenvalue weighted by Crippen LogP contribution is -2.29. The molecular weight excluding hydrogens is 327 g/mol. The lowest BCUT2D eigenvalue weighted by molar-refractivity contribution is -0.167. The fraction of sp³-hybridized carbons (Fsp3) is 0.133. The zero-order valence-electron chi connectivity index (χ0n) is 12.3. The van der Waals surface area contributed by atoms with Crippen molar-refractivity contribution in [2.24, 2.45) is 5.10 Å². The number of amides is 2. The van der Waals surface area contributed by atoms with Crippen LogP contribution in [-0.4, -0.2) is 23.7 Å². The lowest BCUT2D eigenvalue weighted by atomic mass is 10.1. The first-order chi connectivity index (χ1) is 11.3. The molecule has 2 aromatic rings. The highest BCUT2D eigenvalue weighted by molar-refractivity contribution is 6.01. The van der Waals surface area contributed by atoms with E-state index in [9.17, 15) is 22.8 Å². The Morgan fingerprint density at radius 3 is 2.33 bits per heavy atom. The average molecular weight is 339 g/mol. The van der Waals surface area contributed by atoms with Crippen molar-refractivity contribution < 1.29 is 27.2 Å². The number of anilines is 1. The minimum Gasteiger partial charge on any atom is -0.459 e. The third-order valence-electron chi connectivity index (χ3n) is 2.89. The molecule has 2 N–H and O–H groups in total. The van der Waals surface area contributed by atoms with E-state index >= 15 is 0 Å². The van der Waals surface area contributed by atoms with Gasteiger partial charge in [0.05, 0.1) is 12.0 Å². The molecule has 126 valence electrons. The summed E-state index contributed by atoms with van der Waals surface area (Å²) in [6.07, 6.45) is -3.61. The van der Waals surface area contributed by atoms with E-state index in [2.05, 4.69) is 10.5 Å². The molecule has 0 spiro atoms. The van der Waals surface area contributed by atoms with Gasteiger partial charge >= 0.3 is 18.0 Å². The Hall–Kier alpha value is -3.10. The van der Waals surface area contributed by atoms with Gasteiger partial charge in [-0.05, 0) is 36.8 Å².